The Morgan fingerprint density at radius 3 is 2.80 bits per heavy atom. The highest BCUT2D eigenvalue weighted by atomic mass is 16.5. The molecule has 0 aliphatic carbocycles. The summed E-state index contributed by atoms with van der Waals surface area (Å²) in [6, 6.07) is 15.2. The zero-order valence-corrected chi connectivity index (χ0v) is 14.0. The van der Waals surface area contributed by atoms with E-state index in [9.17, 15) is 4.79 Å². The molecule has 0 aliphatic rings. The lowest BCUT2D eigenvalue weighted by atomic mass is 10.2. The van der Waals surface area contributed by atoms with Gasteiger partial charge in [-0.3, -0.25) is 4.79 Å². The van der Waals surface area contributed by atoms with Gasteiger partial charge < -0.3 is 9.72 Å². The Hall–Kier alpha value is -3.15. The van der Waals surface area contributed by atoms with Gasteiger partial charge in [-0.25, -0.2) is 10.4 Å². The van der Waals surface area contributed by atoms with Crippen LogP contribution in [0.1, 0.15) is 24.7 Å². The van der Waals surface area contributed by atoms with Crippen LogP contribution in [0.25, 0.3) is 11.0 Å². The normalized spacial score (nSPS) is 11.1. The standard InChI is InChI=1S/C19H20N4O2/c1-2-11-25-15-9-7-14(8-10-15)13-20-23-19(24)12-18-21-16-5-3-4-6-17(16)22-18/h3-10,13H,2,11-12H2,1H3,(H,21,22)(H,23,24). The first-order chi connectivity index (χ1) is 12.2. The van der Waals surface area contributed by atoms with Gasteiger partial charge in [-0.15, -0.1) is 0 Å². The van der Waals surface area contributed by atoms with Crippen molar-refractivity contribution in [3.05, 3.63) is 59.9 Å². The van der Waals surface area contributed by atoms with Crippen LogP contribution in [0.2, 0.25) is 0 Å². The number of carbonyl (C=O) groups excluding carboxylic acids is 1. The quantitative estimate of drug-likeness (QED) is 0.514. The predicted octanol–water partition coefficient (Wildman–Crippen LogP) is 3.04. The monoisotopic (exact) mass is 336 g/mol. The summed E-state index contributed by atoms with van der Waals surface area (Å²) in [4.78, 5) is 19.4. The van der Waals surface area contributed by atoms with E-state index in [-0.39, 0.29) is 12.3 Å². The molecule has 0 bridgehead atoms. The van der Waals surface area contributed by atoms with Crippen LogP contribution in [-0.4, -0.2) is 28.7 Å². The average molecular weight is 336 g/mol. The van der Waals surface area contributed by atoms with Crippen LogP contribution in [0.4, 0.5) is 0 Å². The maximum absolute atomic E-state index is 11.9. The molecule has 0 spiro atoms. The zero-order valence-electron chi connectivity index (χ0n) is 14.0. The van der Waals surface area contributed by atoms with Crippen molar-refractivity contribution in [3.63, 3.8) is 0 Å². The largest absolute Gasteiger partial charge is 0.494 e. The molecule has 3 aromatic rings. The van der Waals surface area contributed by atoms with Crippen LogP contribution in [-0.2, 0) is 11.2 Å². The van der Waals surface area contributed by atoms with E-state index in [4.69, 9.17) is 4.74 Å². The number of aromatic nitrogens is 2. The zero-order chi connectivity index (χ0) is 17.5. The number of hydrogen-bond donors (Lipinski definition) is 2. The van der Waals surface area contributed by atoms with E-state index in [1.807, 2.05) is 48.5 Å². The Bertz CT molecular complexity index is 836. The second-order valence-corrected chi connectivity index (χ2v) is 5.59. The Morgan fingerprint density at radius 1 is 1.24 bits per heavy atom. The molecule has 0 saturated carbocycles. The fraction of sp³-hybridized carbons (Fsp3) is 0.211. The molecule has 0 atom stereocenters. The van der Waals surface area contributed by atoms with E-state index in [0.29, 0.717) is 12.4 Å². The minimum atomic E-state index is -0.224. The maximum Gasteiger partial charge on any atom is 0.247 e. The van der Waals surface area contributed by atoms with E-state index in [1.165, 1.54) is 0 Å². The van der Waals surface area contributed by atoms with Gasteiger partial charge in [0.25, 0.3) is 0 Å². The number of hydrogen-bond acceptors (Lipinski definition) is 4. The molecule has 1 aromatic heterocycles. The Labute approximate surface area is 145 Å². The van der Waals surface area contributed by atoms with Crippen LogP contribution in [0.15, 0.2) is 53.6 Å². The lowest BCUT2D eigenvalue weighted by Crippen LogP contribution is -2.20. The van der Waals surface area contributed by atoms with Gasteiger partial charge in [0, 0.05) is 0 Å². The van der Waals surface area contributed by atoms with E-state index < -0.39 is 0 Å². The van der Waals surface area contributed by atoms with E-state index in [2.05, 4.69) is 27.4 Å². The van der Waals surface area contributed by atoms with E-state index in [1.54, 1.807) is 6.21 Å². The molecule has 2 N–H and O–H groups in total. The first-order valence-electron chi connectivity index (χ1n) is 8.23. The highest BCUT2D eigenvalue weighted by molar-refractivity contribution is 5.83. The third kappa shape index (κ3) is 4.67. The number of H-pyrrole nitrogens is 1. The Morgan fingerprint density at radius 2 is 2.04 bits per heavy atom. The molecule has 6 heteroatoms. The molecule has 0 saturated heterocycles. The maximum atomic E-state index is 11.9. The third-order valence-electron chi connectivity index (χ3n) is 3.52. The number of carbonyl (C=O) groups is 1. The van der Waals surface area contributed by atoms with Crippen molar-refractivity contribution < 1.29 is 9.53 Å². The molecule has 128 valence electrons. The number of nitrogens with one attached hydrogen (secondary N) is 2. The van der Waals surface area contributed by atoms with Crippen molar-refractivity contribution in [1.82, 2.24) is 15.4 Å². The summed E-state index contributed by atoms with van der Waals surface area (Å²) in [5, 5.41) is 3.98. The van der Waals surface area contributed by atoms with Crippen molar-refractivity contribution in [2.45, 2.75) is 19.8 Å². The SMILES string of the molecule is CCCOc1ccc(C=NNC(=O)Cc2nc3ccccc3[nH]2)cc1. The molecule has 0 unspecified atom stereocenters. The van der Waals surface area contributed by atoms with Gasteiger partial charge in [0.1, 0.15) is 11.6 Å². The smallest absolute Gasteiger partial charge is 0.247 e. The highest BCUT2D eigenvalue weighted by Gasteiger charge is 2.07. The second-order valence-electron chi connectivity index (χ2n) is 5.59. The number of ether oxygens (including phenoxy) is 1. The van der Waals surface area contributed by atoms with Crippen molar-refractivity contribution in [2.24, 2.45) is 5.10 Å². The van der Waals surface area contributed by atoms with Crippen LogP contribution >= 0.6 is 0 Å². The number of amides is 1. The van der Waals surface area contributed by atoms with Gasteiger partial charge >= 0.3 is 0 Å². The fourth-order valence-corrected chi connectivity index (χ4v) is 2.33. The van der Waals surface area contributed by atoms with Crippen LogP contribution < -0.4 is 10.2 Å². The van der Waals surface area contributed by atoms with Gasteiger partial charge in [0.15, 0.2) is 0 Å². The number of hydrazone groups is 1. The van der Waals surface area contributed by atoms with Crippen molar-refractivity contribution in [3.8, 4) is 5.75 Å². The van der Waals surface area contributed by atoms with Gasteiger partial charge in [-0.2, -0.15) is 5.10 Å². The molecule has 6 nitrogen and oxygen atoms in total. The molecule has 1 amide bonds. The number of fused-ring (bicyclic) bond motifs is 1. The molecule has 0 aliphatic heterocycles. The van der Waals surface area contributed by atoms with Crippen molar-refractivity contribution >= 4 is 23.2 Å². The van der Waals surface area contributed by atoms with Crippen molar-refractivity contribution in [2.75, 3.05) is 6.61 Å². The predicted molar refractivity (Wildman–Crippen MR) is 97.8 cm³/mol. The summed E-state index contributed by atoms with van der Waals surface area (Å²) in [7, 11) is 0. The molecule has 2 aromatic carbocycles. The molecule has 25 heavy (non-hydrogen) atoms. The van der Waals surface area contributed by atoms with Gasteiger partial charge in [0.05, 0.1) is 30.3 Å². The van der Waals surface area contributed by atoms with Gasteiger partial charge in [0.2, 0.25) is 5.91 Å². The number of rotatable bonds is 7. The minimum absolute atomic E-state index is 0.149. The lowest BCUT2D eigenvalue weighted by molar-refractivity contribution is -0.120. The molecular weight excluding hydrogens is 316 g/mol. The first kappa shape index (κ1) is 16.7. The summed E-state index contributed by atoms with van der Waals surface area (Å²) in [5.41, 5.74) is 5.16. The van der Waals surface area contributed by atoms with Gasteiger partial charge in [-0.1, -0.05) is 19.1 Å². The second kappa shape index (κ2) is 8.10. The summed E-state index contributed by atoms with van der Waals surface area (Å²) in [6.45, 7) is 2.76. The summed E-state index contributed by atoms with van der Waals surface area (Å²) < 4.78 is 5.52. The van der Waals surface area contributed by atoms with Crippen molar-refractivity contribution in [1.29, 1.82) is 0 Å². The molecule has 3 rings (SSSR count). The van der Waals surface area contributed by atoms with Gasteiger partial charge in [-0.05, 0) is 48.4 Å². The molecular formula is C19H20N4O2. The number of para-hydroxylation sites is 2. The number of aromatic amines is 1. The number of nitrogens with zero attached hydrogens (tertiary/aromatic N) is 2. The van der Waals surface area contributed by atoms with E-state index >= 15 is 0 Å². The fourth-order valence-electron chi connectivity index (χ4n) is 2.33. The van der Waals surface area contributed by atoms with Crippen LogP contribution in [0.3, 0.4) is 0 Å². The Kier molecular flexibility index (Phi) is 5.41. The first-order valence-corrected chi connectivity index (χ1v) is 8.23. The van der Waals surface area contributed by atoms with E-state index in [0.717, 1.165) is 28.8 Å². The minimum Gasteiger partial charge on any atom is -0.494 e. The molecule has 0 radical (unpaired) electrons. The Balaban J connectivity index is 1.52. The summed E-state index contributed by atoms with van der Waals surface area (Å²) in [5.74, 6) is 1.22. The third-order valence-corrected chi connectivity index (χ3v) is 3.52. The average Bonchev–Trinajstić information content (AvgIpc) is 3.03. The topological polar surface area (TPSA) is 79.4 Å². The highest BCUT2D eigenvalue weighted by Crippen LogP contribution is 2.12. The number of benzene rings is 2. The lowest BCUT2D eigenvalue weighted by Gasteiger charge is -2.03. The summed E-state index contributed by atoms with van der Waals surface area (Å²) in [6.07, 6.45) is 2.72. The molecule has 0 fully saturated rings. The number of imidazole rings is 1. The van der Waals surface area contributed by atoms with Crippen LogP contribution in [0.5, 0.6) is 5.75 Å². The van der Waals surface area contributed by atoms with Crippen LogP contribution in [0, 0.1) is 0 Å². The summed E-state index contributed by atoms with van der Waals surface area (Å²) >= 11 is 0. The molecule has 1 heterocycles.